The fourth-order valence-electron chi connectivity index (χ4n) is 3.36. The molecule has 3 rings (SSSR count). The molecule has 1 amide bonds. The smallest absolute Gasteiger partial charge is 0.352 e. The van der Waals surface area contributed by atoms with E-state index in [9.17, 15) is 19.7 Å². The summed E-state index contributed by atoms with van der Waals surface area (Å²) in [6.07, 6.45) is 4.58. The molecule has 0 fully saturated rings. The zero-order valence-electron chi connectivity index (χ0n) is 20.3. The topological polar surface area (TPSA) is 169 Å². The van der Waals surface area contributed by atoms with Gasteiger partial charge in [0.2, 0.25) is 5.91 Å². The van der Waals surface area contributed by atoms with E-state index in [1.807, 2.05) is 0 Å². The van der Waals surface area contributed by atoms with Crippen LogP contribution in [0.3, 0.4) is 0 Å². The Morgan fingerprint density at radius 1 is 1.31 bits per heavy atom. The van der Waals surface area contributed by atoms with Crippen LogP contribution in [-0.2, 0) is 20.7 Å². The summed E-state index contributed by atoms with van der Waals surface area (Å²) >= 11 is 1.20. The maximum absolute atomic E-state index is 12.4. The molecule has 1 aliphatic heterocycles. The second-order valence-electron chi connectivity index (χ2n) is 7.81. The highest BCUT2D eigenvalue weighted by Gasteiger charge is 2.39. The number of nitrogens with two attached hydrogens (primary N) is 1. The number of amides is 1. The van der Waals surface area contributed by atoms with Crippen LogP contribution in [0, 0.1) is 10.1 Å². The summed E-state index contributed by atoms with van der Waals surface area (Å²) in [5.41, 5.74) is -0.244. The van der Waals surface area contributed by atoms with Crippen LogP contribution in [0.15, 0.2) is 47.2 Å². The number of nitrogens with zero attached hydrogens (tertiary/aromatic N) is 5. The van der Waals surface area contributed by atoms with Crippen molar-refractivity contribution in [2.24, 2.45) is 10.8 Å². The van der Waals surface area contributed by atoms with E-state index in [0.717, 1.165) is 5.01 Å². The van der Waals surface area contributed by atoms with E-state index in [4.69, 9.17) is 15.3 Å². The van der Waals surface area contributed by atoms with Crippen molar-refractivity contribution in [1.29, 1.82) is 0 Å². The summed E-state index contributed by atoms with van der Waals surface area (Å²) in [4.78, 5) is 48.8. The molecular weight excluding hydrogens is 490 g/mol. The van der Waals surface area contributed by atoms with Crippen molar-refractivity contribution in [2.75, 3.05) is 27.0 Å². The van der Waals surface area contributed by atoms with Gasteiger partial charge in [0.1, 0.15) is 17.3 Å². The molecule has 2 aromatic rings. The van der Waals surface area contributed by atoms with Crippen LogP contribution < -0.4 is 10.6 Å². The Morgan fingerprint density at radius 3 is 2.64 bits per heavy atom. The highest BCUT2D eigenvalue weighted by molar-refractivity contribution is 7.99. The zero-order valence-corrected chi connectivity index (χ0v) is 21.1. The molecule has 0 aliphatic carbocycles. The van der Waals surface area contributed by atoms with E-state index in [0.29, 0.717) is 17.0 Å². The Bertz CT molecular complexity index is 1200. The molecule has 1 aromatic carbocycles. The number of thioether (sulfide) groups is 1. The molecule has 36 heavy (non-hydrogen) atoms. The number of benzene rings is 1. The third kappa shape index (κ3) is 6.20. The summed E-state index contributed by atoms with van der Waals surface area (Å²) in [5.74, 6) is 5.77. The lowest BCUT2D eigenvalue weighted by Gasteiger charge is -2.30. The number of likely N-dealkylation sites (N-methyl/N-ethyl adjacent to an activating group) is 1. The lowest BCUT2D eigenvalue weighted by atomic mass is 10.1. The minimum Gasteiger partial charge on any atom is -0.466 e. The number of ether oxygens (including phenoxy) is 2. The molecule has 192 valence electrons. The van der Waals surface area contributed by atoms with Crippen molar-refractivity contribution in [3.63, 3.8) is 0 Å². The maximum atomic E-state index is 12.4. The first-order valence-corrected chi connectivity index (χ1v) is 12.1. The molecule has 1 aromatic heterocycles. The highest BCUT2D eigenvalue weighted by Crippen LogP contribution is 2.31. The molecule has 1 atom stereocenters. The van der Waals surface area contributed by atoms with Crippen molar-refractivity contribution in [1.82, 2.24) is 19.9 Å². The van der Waals surface area contributed by atoms with E-state index < -0.39 is 28.5 Å². The minimum atomic E-state index is -0.781. The second kappa shape index (κ2) is 11.7. The first-order valence-electron chi connectivity index (χ1n) is 10.8. The van der Waals surface area contributed by atoms with E-state index in [1.54, 1.807) is 57.9 Å². The number of carbonyl (C=O) groups excluding carboxylic acids is 2. The van der Waals surface area contributed by atoms with Gasteiger partial charge in [-0.05, 0) is 36.9 Å². The van der Waals surface area contributed by atoms with Gasteiger partial charge in [0.25, 0.3) is 5.88 Å². The number of hydrogen-bond acceptors (Lipinski definition) is 11. The first kappa shape index (κ1) is 26.7. The van der Waals surface area contributed by atoms with Crippen LogP contribution in [0.5, 0.6) is 5.75 Å². The number of aromatic amines is 1. The average Bonchev–Trinajstić information content (AvgIpc) is 3.36. The molecule has 0 spiro atoms. The normalized spacial score (nSPS) is 15.4. The molecule has 1 aliphatic rings. The van der Waals surface area contributed by atoms with Gasteiger partial charge in [-0.2, -0.15) is 0 Å². The number of nitro groups is 1. The number of allylic oxidation sites excluding steroid dienone is 1. The third-order valence-corrected chi connectivity index (χ3v) is 5.79. The number of hydrogen-bond donors (Lipinski definition) is 2. The predicted molar refractivity (Wildman–Crippen MR) is 133 cm³/mol. The van der Waals surface area contributed by atoms with Gasteiger partial charge >= 0.3 is 11.7 Å². The highest BCUT2D eigenvalue weighted by atomic mass is 32.2. The second-order valence-corrected chi connectivity index (χ2v) is 8.70. The first-order chi connectivity index (χ1) is 17.1. The van der Waals surface area contributed by atoms with Gasteiger partial charge in [-0.1, -0.05) is 0 Å². The number of aromatic nitrogens is 2. The molecule has 3 N–H and O–H groups in total. The lowest BCUT2D eigenvalue weighted by Crippen LogP contribution is -2.45. The SMILES string of the molecule is CCOC(=O)CC1=NC(SC)N(N)C(Oc2cc(CC(=O)N(C)C)cc(-c3ncc[nH]3)c2)=C1[N+](=O)[O-]. The number of hydrazine groups is 1. The summed E-state index contributed by atoms with van der Waals surface area (Å²) in [7, 11) is 3.29. The van der Waals surface area contributed by atoms with Gasteiger partial charge in [-0.25, -0.2) is 20.8 Å². The number of carbonyl (C=O) groups is 2. The van der Waals surface area contributed by atoms with Gasteiger partial charge in [-0.15, -0.1) is 11.8 Å². The van der Waals surface area contributed by atoms with E-state index in [-0.39, 0.29) is 36.3 Å². The number of aliphatic imine (C=N–C) groups is 1. The number of H-pyrrole nitrogens is 1. The Morgan fingerprint density at radius 2 is 2.06 bits per heavy atom. The largest absolute Gasteiger partial charge is 0.466 e. The van der Waals surface area contributed by atoms with Crippen LogP contribution >= 0.6 is 11.8 Å². The predicted octanol–water partition coefficient (Wildman–Crippen LogP) is 1.76. The standard InChI is InChI=1S/C22H27N7O6S/c1-5-34-18(31)12-16-19(29(32)33)21(28(23)22(26-16)36-4)35-15-9-13(10-17(30)27(2)3)8-14(11-15)20-24-6-7-25-20/h6-9,11,22H,5,10,12,23H2,1-4H3,(H,24,25). The molecule has 0 saturated carbocycles. The Kier molecular flexibility index (Phi) is 8.66. The zero-order chi connectivity index (χ0) is 26.4. The van der Waals surface area contributed by atoms with Crippen molar-refractivity contribution in [2.45, 2.75) is 25.3 Å². The number of nitrogens with one attached hydrogen (secondary N) is 1. The van der Waals surface area contributed by atoms with Gasteiger partial charge in [0, 0.05) is 32.1 Å². The van der Waals surface area contributed by atoms with E-state index in [2.05, 4.69) is 15.0 Å². The molecule has 0 radical (unpaired) electrons. The number of esters is 1. The number of rotatable bonds is 10. The fraction of sp³-hybridized carbons (Fsp3) is 0.364. The molecular formula is C22H27N7O6S. The van der Waals surface area contributed by atoms with E-state index in [1.165, 1.54) is 16.7 Å². The maximum Gasteiger partial charge on any atom is 0.352 e. The van der Waals surface area contributed by atoms with Crippen LogP contribution in [0.25, 0.3) is 11.4 Å². The van der Waals surface area contributed by atoms with E-state index >= 15 is 0 Å². The Hall–Kier alpha value is -3.91. The van der Waals surface area contributed by atoms with Crippen molar-refractivity contribution in [3.8, 4) is 17.1 Å². The summed E-state index contributed by atoms with van der Waals surface area (Å²) in [6.45, 7) is 1.76. The van der Waals surface area contributed by atoms with Crippen molar-refractivity contribution in [3.05, 3.63) is 57.9 Å². The van der Waals surface area contributed by atoms with Crippen LogP contribution in [0.1, 0.15) is 18.9 Å². The molecule has 2 heterocycles. The quantitative estimate of drug-likeness (QED) is 0.205. The van der Waals surface area contributed by atoms with Gasteiger partial charge in [0.05, 0.1) is 24.4 Å². The monoisotopic (exact) mass is 517 g/mol. The Labute approximate surface area is 211 Å². The van der Waals surface area contributed by atoms with Crippen LogP contribution in [0.2, 0.25) is 0 Å². The molecule has 14 heteroatoms. The fourth-order valence-corrected chi connectivity index (χ4v) is 3.91. The van der Waals surface area contributed by atoms with Gasteiger partial charge in [-0.3, -0.25) is 19.7 Å². The molecule has 0 bridgehead atoms. The summed E-state index contributed by atoms with van der Waals surface area (Å²) in [6, 6.07) is 4.98. The Balaban J connectivity index is 2.09. The molecule has 1 unspecified atom stereocenters. The van der Waals surface area contributed by atoms with Crippen molar-refractivity contribution >= 4 is 29.4 Å². The van der Waals surface area contributed by atoms with Crippen LogP contribution in [0.4, 0.5) is 0 Å². The van der Waals surface area contributed by atoms with Crippen LogP contribution in [-0.4, -0.2) is 74.8 Å². The third-order valence-electron chi connectivity index (χ3n) is 5.03. The van der Waals surface area contributed by atoms with Gasteiger partial charge < -0.3 is 19.4 Å². The molecule has 0 saturated heterocycles. The minimum absolute atomic E-state index is 0.0639. The lowest BCUT2D eigenvalue weighted by molar-refractivity contribution is -0.419. The van der Waals surface area contributed by atoms with Crippen molar-refractivity contribution < 1.29 is 24.0 Å². The summed E-state index contributed by atoms with van der Waals surface area (Å²) in [5, 5.41) is 13.1. The molecule has 13 nitrogen and oxygen atoms in total. The number of imidazole rings is 1. The van der Waals surface area contributed by atoms with Gasteiger partial charge in [0.15, 0.2) is 5.50 Å². The summed E-state index contributed by atoms with van der Waals surface area (Å²) < 4.78 is 10.9. The average molecular weight is 518 g/mol.